The lowest BCUT2D eigenvalue weighted by Gasteiger charge is -2.39. The minimum absolute atomic E-state index is 0.482. The van der Waals surface area contributed by atoms with Gasteiger partial charge in [0.15, 0.2) is 0 Å². The van der Waals surface area contributed by atoms with Gasteiger partial charge < -0.3 is 5.73 Å². The second kappa shape index (κ2) is 5.26. The minimum Gasteiger partial charge on any atom is -0.393 e. The van der Waals surface area contributed by atoms with Crippen molar-refractivity contribution in [2.75, 3.05) is 13.1 Å². The van der Waals surface area contributed by atoms with Crippen molar-refractivity contribution in [3.8, 4) is 0 Å². The first-order valence-corrected chi connectivity index (χ1v) is 6.71. The van der Waals surface area contributed by atoms with Crippen molar-refractivity contribution in [3.05, 3.63) is 0 Å². The van der Waals surface area contributed by atoms with Gasteiger partial charge in [-0.05, 0) is 32.2 Å². The Balaban J connectivity index is 1.88. The predicted molar refractivity (Wildman–Crippen MR) is 68.0 cm³/mol. The number of nitrogens with zero attached hydrogens (tertiary/aromatic N) is 1. The molecule has 2 N–H and O–H groups in total. The van der Waals surface area contributed by atoms with Gasteiger partial charge in [0.25, 0.3) is 0 Å². The summed E-state index contributed by atoms with van der Waals surface area (Å²) in [4.78, 5) is 3.38. The second-order valence-corrected chi connectivity index (χ2v) is 5.50. The molecule has 86 valence electrons. The van der Waals surface area contributed by atoms with Gasteiger partial charge in [-0.1, -0.05) is 31.5 Å². The highest BCUT2D eigenvalue weighted by molar-refractivity contribution is 7.80. The van der Waals surface area contributed by atoms with Crippen molar-refractivity contribution in [3.63, 3.8) is 0 Å². The number of nitrogens with two attached hydrogens (primary N) is 1. The highest BCUT2D eigenvalue weighted by Crippen LogP contribution is 2.27. The van der Waals surface area contributed by atoms with Gasteiger partial charge in [0, 0.05) is 18.5 Å². The summed E-state index contributed by atoms with van der Waals surface area (Å²) in [6.07, 6.45) is 9.53. The normalized spacial score (nSPS) is 30.3. The van der Waals surface area contributed by atoms with Crippen LogP contribution in [0, 0.1) is 5.92 Å². The molecule has 1 heterocycles. The Morgan fingerprint density at radius 3 is 2.47 bits per heavy atom. The quantitative estimate of drug-likeness (QED) is 0.733. The van der Waals surface area contributed by atoms with Crippen LogP contribution in [0.5, 0.6) is 0 Å². The molecule has 0 amide bonds. The van der Waals surface area contributed by atoms with Crippen LogP contribution in [-0.4, -0.2) is 29.0 Å². The first kappa shape index (κ1) is 11.3. The third kappa shape index (κ3) is 2.91. The number of hydrogen-bond donors (Lipinski definition) is 1. The lowest BCUT2D eigenvalue weighted by Crippen LogP contribution is -2.46. The minimum atomic E-state index is 0.482. The SMILES string of the molecule is NC(=S)C1CCCN(C2CCCCC2)C1. The lowest BCUT2D eigenvalue weighted by molar-refractivity contribution is 0.116. The van der Waals surface area contributed by atoms with Crippen LogP contribution in [0.4, 0.5) is 0 Å². The van der Waals surface area contributed by atoms with E-state index in [9.17, 15) is 0 Å². The molecule has 0 aromatic rings. The van der Waals surface area contributed by atoms with Gasteiger partial charge >= 0.3 is 0 Å². The molecule has 1 aliphatic carbocycles. The van der Waals surface area contributed by atoms with Crippen molar-refractivity contribution >= 4 is 17.2 Å². The summed E-state index contributed by atoms with van der Waals surface area (Å²) in [5, 5.41) is 0. The summed E-state index contributed by atoms with van der Waals surface area (Å²) in [5.74, 6) is 0.482. The molecule has 1 saturated carbocycles. The molecule has 1 aliphatic heterocycles. The molecule has 0 spiro atoms. The van der Waals surface area contributed by atoms with Crippen molar-refractivity contribution in [2.45, 2.75) is 51.0 Å². The number of piperidine rings is 1. The Kier molecular flexibility index (Phi) is 3.98. The second-order valence-electron chi connectivity index (χ2n) is 5.03. The van der Waals surface area contributed by atoms with E-state index in [1.807, 2.05) is 0 Å². The largest absolute Gasteiger partial charge is 0.393 e. The maximum absolute atomic E-state index is 5.76. The van der Waals surface area contributed by atoms with Gasteiger partial charge in [-0.25, -0.2) is 0 Å². The average Bonchev–Trinajstić information content (AvgIpc) is 2.30. The molecule has 1 saturated heterocycles. The highest BCUT2D eigenvalue weighted by Gasteiger charge is 2.27. The highest BCUT2D eigenvalue weighted by atomic mass is 32.1. The molecule has 2 fully saturated rings. The number of rotatable bonds is 2. The van der Waals surface area contributed by atoms with E-state index < -0.39 is 0 Å². The van der Waals surface area contributed by atoms with E-state index in [1.54, 1.807) is 0 Å². The summed E-state index contributed by atoms with van der Waals surface area (Å²) < 4.78 is 0. The third-order valence-electron chi connectivity index (χ3n) is 3.95. The maximum Gasteiger partial charge on any atom is 0.0771 e. The van der Waals surface area contributed by atoms with Crippen LogP contribution in [0.25, 0.3) is 0 Å². The van der Waals surface area contributed by atoms with Crippen LogP contribution >= 0.6 is 12.2 Å². The van der Waals surface area contributed by atoms with Crippen molar-refractivity contribution < 1.29 is 0 Å². The van der Waals surface area contributed by atoms with E-state index in [-0.39, 0.29) is 0 Å². The molecule has 0 aromatic heterocycles. The molecule has 15 heavy (non-hydrogen) atoms. The van der Waals surface area contributed by atoms with Crippen LogP contribution in [0.1, 0.15) is 44.9 Å². The number of thiocarbonyl (C=S) groups is 1. The van der Waals surface area contributed by atoms with Gasteiger partial charge in [-0.2, -0.15) is 0 Å². The fourth-order valence-corrected chi connectivity index (χ4v) is 3.21. The Morgan fingerprint density at radius 2 is 1.80 bits per heavy atom. The molecule has 0 aromatic carbocycles. The molecular formula is C12H22N2S. The summed E-state index contributed by atoms with van der Waals surface area (Å²) in [6.45, 7) is 2.39. The van der Waals surface area contributed by atoms with Crippen LogP contribution in [0.2, 0.25) is 0 Å². The van der Waals surface area contributed by atoms with Crippen molar-refractivity contribution in [2.24, 2.45) is 11.7 Å². The van der Waals surface area contributed by atoms with E-state index >= 15 is 0 Å². The summed E-state index contributed by atoms with van der Waals surface area (Å²) in [6, 6.07) is 0.830. The van der Waals surface area contributed by atoms with Gasteiger partial charge in [0.1, 0.15) is 0 Å². The Labute approximate surface area is 98.2 Å². The van der Waals surface area contributed by atoms with E-state index in [2.05, 4.69) is 4.90 Å². The number of likely N-dealkylation sites (tertiary alicyclic amines) is 1. The molecule has 1 unspecified atom stereocenters. The zero-order valence-electron chi connectivity index (χ0n) is 9.45. The maximum atomic E-state index is 5.76. The van der Waals surface area contributed by atoms with Crippen LogP contribution in [0.3, 0.4) is 0 Å². The summed E-state index contributed by atoms with van der Waals surface area (Å²) >= 11 is 5.12. The number of hydrogen-bond acceptors (Lipinski definition) is 2. The van der Waals surface area contributed by atoms with Crippen molar-refractivity contribution in [1.82, 2.24) is 4.90 Å². The monoisotopic (exact) mass is 226 g/mol. The molecule has 2 nitrogen and oxygen atoms in total. The van der Waals surface area contributed by atoms with Crippen LogP contribution < -0.4 is 5.73 Å². The standard InChI is InChI=1S/C12H22N2S/c13-12(15)10-5-4-8-14(9-10)11-6-2-1-3-7-11/h10-11H,1-9H2,(H2,13,15). The van der Waals surface area contributed by atoms with E-state index in [1.165, 1.54) is 51.5 Å². The first-order chi connectivity index (χ1) is 7.27. The van der Waals surface area contributed by atoms with Gasteiger partial charge in [-0.15, -0.1) is 0 Å². The molecule has 2 rings (SSSR count). The molecule has 3 heteroatoms. The molecule has 0 radical (unpaired) electrons. The lowest BCUT2D eigenvalue weighted by atomic mass is 9.90. The van der Waals surface area contributed by atoms with Gasteiger partial charge in [0.05, 0.1) is 4.99 Å². The Bertz CT molecular complexity index is 224. The summed E-state index contributed by atoms with van der Waals surface area (Å²) in [5.41, 5.74) is 5.76. The smallest absolute Gasteiger partial charge is 0.0771 e. The molecule has 2 aliphatic rings. The van der Waals surface area contributed by atoms with Gasteiger partial charge in [0.2, 0.25) is 0 Å². The molecular weight excluding hydrogens is 204 g/mol. The average molecular weight is 226 g/mol. The fourth-order valence-electron chi connectivity index (χ4n) is 3.02. The van der Waals surface area contributed by atoms with E-state index in [0.29, 0.717) is 5.92 Å². The van der Waals surface area contributed by atoms with Crippen molar-refractivity contribution in [1.29, 1.82) is 0 Å². The predicted octanol–water partition coefficient (Wildman–Crippen LogP) is 2.32. The summed E-state index contributed by atoms with van der Waals surface area (Å²) in [7, 11) is 0. The van der Waals surface area contributed by atoms with E-state index in [4.69, 9.17) is 18.0 Å². The fraction of sp³-hybridized carbons (Fsp3) is 0.917. The molecule has 0 bridgehead atoms. The third-order valence-corrected chi connectivity index (χ3v) is 4.28. The zero-order chi connectivity index (χ0) is 10.7. The topological polar surface area (TPSA) is 29.3 Å². The van der Waals surface area contributed by atoms with E-state index in [0.717, 1.165) is 17.6 Å². The first-order valence-electron chi connectivity index (χ1n) is 6.31. The zero-order valence-corrected chi connectivity index (χ0v) is 10.3. The van der Waals surface area contributed by atoms with Gasteiger partial charge in [-0.3, -0.25) is 4.90 Å². The Hall–Kier alpha value is -0.150. The molecule has 1 atom stereocenters. The Morgan fingerprint density at radius 1 is 1.07 bits per heavy atom. The van der Waals surface area contributed by atoms with Crippen LogP contribution in [0.15, 0.2) is 0 Å². The van der Waals surface area contributed by atoms with Crippen LogP contribution in [-0.2, 0) is 0 Å².